The number of nitrogens with one attached hydrogen (secondary N) is 2. The summed E-state index contributed by atoms with van der Waals surface area (Å²) < 4.78 is 7.25. The minimum atomic E-state index is -0.274. The van der Waals surface area contributed by atoms with E-state index in [1.54, 1.807) is 11.3 Å². The molecule has 1 atom stereocenters. The fourth-order valence-corrected chi connectivity index (χ4v) is 4.48. The molecule has 4 aromatic rings. The second kappa shape index (κ2) is 9.75. The molecule has 1 aliphatic rings. The number of thiophene rings is 1. The Hall–Kier alpha value is -3.84. The molecule has 0 aliphatic carbocycles. The second-order valence-corrected chi connectivity index (χ2v) is 8.69. The maximum atomic E-state index is 12.3. The molecule has 33 heavy (non-hydrogen) atoms. The summed E-state index contributed by atoms with van der Waals surface area (Å²) in [7, 11) is 0. The van der Waals surface area contributed by atoms with Crippen molar-refractivity contribution in [3.05, 3.63) is 84.2 Å². The zero-order chi connectivity index (χ0) is 22.5. The molecule has 2 amide bonds. The predicted octanol–water partition coefficient (Wildman–Crippen LogP) is 5.91. The minimum Gasteiger partial charge on any atom is -0.489 e. The molecule has 2 heterocycles. The van der Waals surface area contributed by atoms with Crippen molar-refractivity contribution in [1.82, 2.24) is 5.32 Å². The number of hydrogen-bond acceptors (Lipinski definition) is 5. The van der Waals surface area contributed by atoms with Crippen LogP contribution in [-0.4, -0.2) is 31.0 Å². The topological polar surface area (TPSA) is 72.0 Å². The zero-order valence-electron chi connectivity index (χ0n) is 17.9. The third kappa shape index (κ3) is 5.15. The Balaban J connectivity index is 1.09. The van der Waals surface area contributed by atoms with E-state index >= 15 is 0 Å². The number of amides is 2. The van der Waals surface area contributed by atoms with Gasteiger partial charge in [0.05, 0.1) is 12.3 Å². The van der Waals surface area contributed by atoms with Gasteiger partial charge in [0, 0.05) is 22.4 Å². The van der Waals surface area contributed by atoms with E-state index in [1.165, 1.54) is 4.70 Å². The lowest BCUT2D eigenvalue weighted by molar-refractivity contribution is 0.0472. The summed E-state index contributed by atoms with van der Waals surface area (Å²) in [6, 6.07) is 25.7. The summed E-state index contributed by atoms with van der Waals surface area (Å²) in [5.74, 6) is 0.806. The van der Waals surface area contributed by atoms with Crippen LogP contribution in [-0.2, 0) is 4.84 Å². The van der Waals surface area contributed by atoms with Gasteiger partial charge in [-0.15, -0.1) is 11.3 Å². The Bertz CT molecular complexity index is 1290. The van der Waals surface area contributed by atoms with Gasteiger partial charge in [0.15, 0.2) is 6.10 Å². The Morgan fingerprint density at radius 3 is 2.82 bits per heavy atom. The molecule has 0 saturated heterocycles. The van der Waals surface area contributed by atoms with Crippen molar-refractivity contribution in [3.63, 3.8) is 0 Å². The number of ether oxygens (including phenoxy) is 1. The lowest BCUT2D eigenvalue weighted by Crippen LogP contribution is -2.33. The summed E-state index contributed by atoms with van der Waals surface area (Å²) in [6.45, 7) is 0.702. The second-order valence-electron chi connectivity index (χ2n) is 7.74. The first-order chi connectivity index (χ1) is 16.2. The highest BCUT2D eigenvalue weighted by Gasteiger charge is 2.22. The number of nitrogens with zero attached hydrogens (tertiary/aromatic N) is 1. The van der Waals surface area contributed by atoms with E-state index in [0.717, 1.165) is 33.7 Å². The van der Waals surface area contributed by atoms with Crippen molar-refractivity contribution in [2.45, 2.75) is 12.5 Å². The number of rotatable bonds is 7. The third-order valence-corrected chi connectivity index (χ3v) is 6.25. The number of carbonyl (C=O) groups excluding carboxylic acids is 1. The van der Waals surface area contributed by atoms with Crippen LogP contribution in [0.2, 0.25) is 0 Å². The number of para-hydroxylation sites is 1. The van der Waals surface area contributed by atoms with Gasteiger partial charge in [0.2, 0.25) is 0 Å². The molecule has 1 aliphatic heterocycles. The van der Waals surface area contributed by atoms with E-state index in [4.69, 9.17) is 9.57 Å². The largest absolute Gasteiger partial charge is 0.489 e. The number of urea groups is 1. The van der Waals surface area contributed by atoms with E-state index in [9.17, 15) is 4.79 Å². The van der Waals surface area contributed by atoms with E-state index in [-0.39, 0.29) is 12.1 Å². The third-order valence-electron chi connectivity index (χ3n) is 5.35. The van der Waals surface area contributed by atoms with Gasteiger partial charge in [-0.05, 0) is 46.7 Å². The average molecular weight is 458 g/mol. The van der Waals surface area contributed by atoms with Crippen molar-refractivity contribution < 1.29 is 14.4 Å². The predicted molar refractivity (Wildman–Crippen MR) is 133 cm³/mol. The summed E-state index contributed by atoms with van der Waals surface area (Å²) in [6.07, 6.45) is 0.420. The van der Waals surface area contributed by atoms with Crippen molar-refractivity contribution >= 4 is 38.9 Å². The highest BCUT2D eigenvalue weighted by molar-refractivity contribution is 7.17. The van der Waals surface area contributed by atoms with Gasteiger partial charge in [-0.1, -0.05) is 53.7 Å². The average Bonchev–Trinajstić information content (AvgIpc) is 3.51. The first-order valence-corrected chi connectivity index (χ1v) is 11.6. The van der Waals surface area contributed by atoms with Crippen molar-refractivity contribution in [3.8, 4) is 16.9 Å². The Kier molecular flexibility index (Phi) is 6.21. The summed E-state index contributed by atoms with van der Waals surface area (Å²) in [5.41, 5.74) is 3.68. The number of carbonyl (C=O) groups is 1. The normalized spacial score (nSPS) is 15.0. The van der Waals surface area contributed by atoms with E-state index < -0.39 is 0 Å². The molecule has 0 saturated carbocycles. The fraction of sp³-hybridized carbons (Fsp3) is 0.154. The first kappa shape index (κ1) is 21.0. The number of hydrogen-bond donors (Lipinski definition) is 2. The highest BCUT2D eigenvalue weighted by Crippen LogP contribution is 2.30. The fourth-order valence-electron chi connectivity index (χ4n) is 3.71. The van der Waals surface area contributed by atoms with Gasteiger partial charge in [-0.3, -0.25) is 0 Å². The molecule has 1 aromatic heterocycles. The standard InChI is InChI=1S/C26H23N3O3S/c30-26(28-20-10-11-25-19(14-20)12-13-33-25)27-16-21-15-22(32-29-21)17-31-24-9-5-4-8-23(24)18-6-2-1-3-7-18/h1-14,22H,15-17H2,(H2,27,28,30). The van der Waals surface area contributed by atoms with Crippen LogP contribution in [0.15, 0.2) is 89.4 Å². The molecule has 5 rings (SSSR count). The molecule has 166 valence electrons. The number of benzene rings is 3. The maximum absolute atomic E-state index is 12.3. The van der Waals surface area contributed by atoms with Crippen LogP contribution < -0.4 is 15.4 Å². The summed E-state index contributed by atoms with van der Waals surface area (Å²) >= 11 is 1.68. The molecule has 0 fully saturated rings. The minimum absolute atomic E-state index is 0.185. The zero-order valence-corrected chi connectivity index (χ0v) is 18.7. The Morgan fingerprint density at radius 1 is 1.06 bits per heavy atom. The van der Waals surface area contributed by atoms with Crippen LogP contribution in [0.5, 0.6) is 5.75 Å². The summed E-state index contributed by atoms with van der Waals surface area (Å²) in [4.78, 5) is 17.8. The van der Waals surface area contributed by atoms with Crippen LogP contribution in [0, 0.1) is 0 Å². The van der Waals surface area contributed by atoms with Gasteiger partial charge in [-0.25, -0.2) is 4.79 Å². The molecule has 7 heteroatoms. The lowest BCUT2D eigenvalue weighted by atomic mass is 10.0. The quantitative estimate of drug-likeness (QED) is 0.362. The van der Waals surface area contributed by atoms with Crippen LogP contribution in [0.25, 0.3) is 21.2 Å². The molecule has 3 aromatic carbocycles. The van der Waals surface area contributed by atoms with Crippen molar-refractivity contribution in [1.29, 1.82) is 0 Å². The number of fused-ring (bicyclic) bond motifs is 1. The van der Waals surface area contributed by atoms with Crippen LogP contribution in [0.1, 0.15) is 6.42 Å². The smallest absolute Gasteiger partial charge is 0.319 e. The van der Waals surface area contributed by atoms with Crippen molar-refractivity contribution in [2.75, 3.05) is 18.5 Å². The van der Waals surface area contributed by atoms with Crippen LogP contribution >= 0.6 is 11.3 Å². The molecular weight excluding hydrogens is 434 g/mol. The molecule has 0 bridgehead atoms. The Labute approximate surface area is 195 Å². The van der Waals surface area contributed by atoms with E-state index in [0.29, 0.717) is 19.6 Å². The van der Waals surface area contributed by atoms with Gasteiger partial charge < -0.3 is 20.2 Å². The van der Waals surface area contributed by atoms with Gasteiger partial charge in [-0.2, -0.15) is 0 Å². The molecule has 0 spiro atoms. The SMILES string of the molecule is O=C(NCC1=NOC(COc2ccccc2-c2ccccc2)C1)Nc1ccc2sccc2c1. The van der Waals surface area contributed by atoms with Crippen LogP contribution in [0.3, 0.4) is 0 Å². The molecule has 1 unspecified atom stereocenters. The van der Waals surface area contributed by atoms with Crippen molar-refractivity contribution in [2.24, 2.45) is 5.16 Å². The summed E-state index contributed by atoms with van der Waals surface area (Å²) in [5, 5.41) is 13.0. The molecular formula is C26H23N3O3S. The number of oxime groups is 1. The lowest BCUT2D eigenvalue weighted by Gasteiger charge is -2.14. The van der Waals surface area contributed by atoms with Gasteiger partial charge >= 0.3 is 6.03 Å². The monoisotopic (exact) mass is 457 g/mol. The highest BCUT2D eigenvalue weighted by atomic mass is 32.1. The maximum Gasteiger partial charge on any atom is 0.319 e. The van der Waals surface area contributed by atoms with E-state index in [2.05, 4.69) is 27.9 Å². The molecule has 2 N–H and O–H groups in total. The van der Waals surface area contributed by atoms with Gasteiger partial charge in [0.25, 0.3) is 0 Å². The van der Waals surface area contributed by atoms with Crippen LogP contribution in [0.4, 0.5) is 10.5 Å². The first-order valence-electron chi connectivity index (χ1n) is 10.8. The van der Waals surface area contributed by atoms with E-state index in [1.807, 2.05) is 72.1 Å². The number of anilines is 1. The molecule has 6 nitrogen and oxygen atoms in total. The Morgan fingerprint density at radius 2 is 1.91 bits per heavy atom. The molecule has 0 radical (unpaired) electrons. The van der Waals surface area contributed by atoms with Gasteiger partial charge in [0.1, 0.15) is 12.4 Å².